The van der Waals surface area contributed by atoms with E-state index in [1.54, 1.807) is 7.11 Å². The summed E-state index contributed by atoms with van der Waals surface area (Å²) in [7, 11) is 1.62. The van der Waals surface area contributed by atoms with Crippen LogP contribution in [0.5, 0.6) is 5.75 Å². The number of anilines is 1. The van der Waals surface area contributed by atoms with Crippen molar-refractivity contribution in [3.05, 3.63) is 83.4 Å². The van der Waals surface area contributed by atoms with Crippen molar-refractivity contribution in [2.75, 3.05) is 45.1 Å². The van der Waals surface area contributed by atoms with E-state index in [4.69, 9.17) is 29.2 Å². The summed E-state index contributed by atoms with van der Waals surface area (Å²) in [6.07, 6.45) is 8.01. The number of benzene rings is 2. The van der Waals surface area contributed by atoms with Gasteiger partial charge in [0, 0.05) is 37.3 Å². The molecule has 0 spiro atoms. The highest BCUT2D eigenvalue weighted by Gasteiger charge is 2.20. The van der Waals surface area contributed by atoms with Gasteiger partial charge in [0.25, 0.3) is 0 Å². The number of nitrogens with zero attached hydrogens (tertiary/aromatic N) is 5. The molecule has 4 heterocycles. The normalized spacial score (nSPS) is 14.1. The Morgan fingerprint density at radius 3 is 2.51 bits per heavy atom. The molecule has 0 N–H and O–H groups in total. The first-order valence-electron chi connectivity index (χ1n) is 13.1. The van der Waals surface area contributed by atoms with Gasteiger partial charge in [-0.25, -0.2) is 15.0 Å². The Bertz CT molecular complexity index is 1650. The molecule has 1 saturated heterocycles. The fourth-order valence-corrected chi connectivity index (χ4v) is 5.06. The maximum Gasteiger partial charge on any atom is 0.188 e. The molecular weight excluding hydrogens is 490 g/mol. The highest BCUT2D eigenvalue weighted by Crippen LogP contribution is 2.32. The maximum atomic E-state index is 5.81. The molecular formula is C31H31N5O3. The number of ether oxygens (including phenoxy) is 3. The minimum absolute atomic E-state index is 0.213. The van der Waals surface area contributed by atoms with Crippen molar-refractivity contribution in [2.45, 2.75) is 13.8 Å². The SMILES string of the molecule is COCOc1c(C)cc(-c2cnc(N3CCOCC3)c3nc(/C=C/c4ccc5ccccc5n4)cn23)cc1C. The first-order valence-corrected chi connectivity index (χ1v) is 13.1. The Balaban J connectivity index is 1.42. The van der Waals surface area contributed by atoms with E-state index in [0.29, 0.717) is 13.2 Å². The molecule has 1 fully saturated rings. The molecule has 1 aliphatic heterocycles. The number of para-hydroxylation sites is 1. The molecule has 0 saturated carbocycles. The second-order valence-corrected chi connectivity index (χ2v) is 9.68. The monoisotopic (exact) mass is 521 g/mol. The lowest BCUT2D eigenvalue weighted by atomic mass is 10.0. The van der Waals surface area contributed by atoms with Crippen LogP contribution in [0.4, 0.5) is 5.82 Å². The number of fused-ring (bicyclic) bond motifs is 2. The summed E-state index contributed by atoms with van der Waals surface area (Å²) in [6, 6.07) is 16.5. The van der Waals surface area contributed by atoms with Gasteiger partial charge >= 0.3 is 0 Å². The van der Waals surface area contributed by atoms with Gasteiger partial charge in [-0.2, -0.15) is 0 Å². The molecule has 0 bridgehead atoms. The lowest BCUT2D eigenvalue weighted by molar-refractivity contribution is 0.0501. The Kier molecular flexibility index (Phi) is 6.96. The summed E-state index contributed by atoms with van der Waals surface area (Å²) in [6.45, 7) is 7.23. The molecule has 8 nitrogen and oxygen atoms in total. The predicted octanol–water partition coefficient (Wildman–Crippen LogP) is 5.55. The molecule has 6 rings (SSSR count). The number of methoxy groups -OCH3 is 1. The fourth-order valence-electron chi connectivity index (χ4n) is 5.06. The number of aromatic nitrogens is 4. The predicted molar refractivity (Wildman–Crippen MR) is 154 cm³/mol. The fraction of sp³-hybridized carbons (Fsp3) is 0.258. The van der Waals surface area contributed by atoms with Gasteiger partial charge in [-0.1, -0.05) is 24.3 Å². The quantitative estimate of drug-likeness (QED) is 0.260. The third-order valence-corrected chi connectivity index (χ3v) is 6.93. The van der Waals surface area contributed by atoms with Crippen LogP contribution in [-0.2, 0) is 9.47 Å². The Morgan fingerprint density at radius 1 is 0.949 bits per heavy atom. The summed E-state index contributed by atoms with van der Waals surface area (Å²) < 4.78 is 18.6. The average molecular weight is 522 g/mol. The number of imidazole rings is 1. The molecule has 0 radical (unpaired) electrons. The molecule has 198 valence electrons. The average Bonchev–Trinajstić information content (AvgIpc) is 3.40. The summed E-state index contributed by atoms with van der Waals surface area (Å²) >= 11 is 0. The van der Waals surface area contributed by atoms with E-state index in [9.17, 15) is 0 Å². The molecule has 1 aliphatic rings. The first-order chi connectivity index (χ1) is 19.1. The van der Waals surface area contributed by atoms with Crippen molar-refractivity contribution in [1.82, 2.24) is 19.4 Å². The second kappa shape index (κ2) is 10.8. The molecule has 39 heavy (non-hydrogen) atoms. The number of aryl methyl sites for hydroxylation is 2. The summed E-state index contributed by atoms with van der Waals surface area (Å²) in [5.74, 6) is 1.70. The summed E-state index contributed by atoms with van der Waals surface area (Å²) in [5, 5.41) is 1.12. The van der Waals surface area contributed by atoms with Crippen LogP contribution in [0.3, 0.4) is 0 Å². The minimum Gasteiger partial charge on any atom is -0.467 e. The van der Waals surface area contributed by atoms with Gasteiger partial charge in [-0.05, 0) is 61.4 Å². The Hall–Kier alpha value is -4.27. The smallest absolute Gasteiger partial charge is 0.188 e. The highest BCUT2D eigenvalue weighted by molar-refractivity contribution is 5.81. The van der Waals surface area contributed by atoms with Gasteiger partial charge in [-0.15, -0.1) is 0 Å². The molecule has 8 heteroatoms. The van der Waals surface area contributed by atoms with Gasteiger partial charge in [0.15, 0.2) is 18.3 Å². The molecule has 0 atom stereocenters. The van der Waals surface area contributed by atoms with Crippen LogP contribution in [0.1, 0.15) is 22.5 Å². The van der Waals surface area contributed by atoms with E-state index >= 15 is 0 Å². The zero-order valence-corrected chi connectivity index (χ0v) is 22.4. The second-order valence-electron chi connectivity index (χ2n) is 9.68. The van der Waals surface area contributed by atoms with E-state index in [2.05, 4.69) is 39.8 Å². The molecule has 0 unspecified atom stereocenters. The zero-order valence-electron chi connectivity index (χ0n) is 22.4. The van der Waals surface area contributed by atoms with Gasteiger partial charge in [0.1, 0.15) is 5.75 Å². The molecule has 3 aromatic heterocycles. The number of hydrogen-bond donors (Lipinski definition) is 0. The van der Waals surface area contributed by atoms with E-state index in [1.807, 2.05) is 56.5 Å². The topological polar surface area (TPSA) is 74.0 Å². The standard InChI is InChI=1S/C31H31N5O3/c1-21-16-24(17-22(2)29(21)39-20-37-3)28-18-32-30(35-12-14-38-15-13-35)31-34-26(19-36(28)31)11-10-25-9-8-23-6-4-5-7-27(23)33-25/h4-11,16-19H,12-15,20H2,1-3H3/b11-10+. The minimum atomic E-state index is 0.213. The molecule has 2 aromatic carbocycles. The number of rotatable bonds is 7. The lowest BCUT2D eigenvalue weighted by Gasteiger charge is -2.28. The van der Waals surface area contributed by atoms with E-state index < -0.39 is 0 Å². The third-order valence-electron chi connectivity index (χ3n) is 6.93. The van der Waals surface area contributed by atoms with Crippen LogP contribution >= 0.6 is 0 Å². The molecule has 0 aliphatic carbocycles. The van der Waals surface area contributed by atoms with Crippen LogP contribution in [0.25, 0.3) is 40.0 Å². The molecule has 5 aromatic rings. The first kappa shape index (κ1) is 25.0. The number of hydrogen-bond acceptors (Lipinski definition) is 7. The van der Waals surface area contributed by atoms with E-state index in [0.717, 1.165) is 75.0 Å². The van der Waals surface area contributed by atoms with Gasteiger partial charge in [0.05, 0.1) is 42.0 Å². The number of pyridine rings is 1. The van der Waals surface area contributed by atoms with Crippen molar-refractivity contribution < 1.29 is 14.2 Å². The van der Waals surface area contributed by atoms with Gasteiger partial charge in [-0.3, -0.25) is 4.40 Å². The maximum absolute atomic E-state index is 5.81. The zero-order chi connectivity index (χ0) is 26.8. The van der Waals surface area contributed by atoms with Crippen LogP contribution in [0, 0.1) is 13.8 Å². The van der Waals surface area contributed by atoms with Crippen molar-refractivity contribution in [3.8, 4) is 17.0 Å². The summed E-state index contributed by atoms with van der Waals surface area (Å²) in [5.41, 5.74) is 7.59. The molecule has 0 amide bonds. The van der Waals surface area contributed by atoms with Gasteiger partial charge < -0.3 is 19.1 Å². The van der Waals surface area contributed by atoms with Crippen LogP contribution in [0.2, 0.25) is 0 Å². The van der Waals surface area contributed by atoms with E-state index in [-0.39, 0.29) is 6.79 Å². The lowest BCUT2D eigenvalue weighted by Crippen LogP contribution is -2.37. The Morgan fingerprint density at radius 2 is 1.72 bits per heavy atom. The van der Waals surface area contributed by atoms with Crippen LogP contribution < -0.4 is 9.64 Å². The van der Waals surface area contributed by atoms with Crippen molar-refractivity contribution in [3.63, 3.8) is 0 Å². The summed E-state index contributed by atoms with van der Waals surface area (Å²) in [4.78, 5) is 16.9. The largest absolute Gasteiger partial charge is 0.467 e. The van der Waals surface area contributed by atoms with Crippen molar-refractivity contribution in [2.24, 2.45) is 0 Å². The third kappa shape index (κ3) is 5.08. The van der Waals surface area contributed by atoms with Crippen LogP contribution in [-0.4, -0.2) is 59.6 Å². The van der Waals surface area contributed by atoms with Gasteiger partial charge in [0.2, 0.25) is 0 Å². The van der Waals surface area contributed by atoms with Crippen molar-refractivity contribution in [1.29, 1.82) is 0 Å². The van der Waals surface area contributed by atoms with Crippen molar-refractivity contribution >= 4 is 34.5 Å². The Labute approximate surface area is 227 Å². The van der Waals surface area contributed by atoms with E-state index in [1.165, 1.54) is 0 Å². The van der Waals surface area contributed by atoms with Crippen LogP contribution in [0.15, 0.2) is 60.9 Å². The highest BCUT2D eigenvalue weighted by atomic mass is 16.7. The number of morpholine rings is 1.